The summed E-state index contributed by atoms with van der Waals surface area (Å²) in [7, 11) is 0. The van der Waals surface area contributed by atoms with Gasteiger partial charge < -0.3 is 4.74 Å². The molecule has 0 atom stereocenters. The summed E-state index contributed by atoms with van der Waals surface area (Å²) in [5.74, 6) is -0.773. The lowest BCUT2D eigenvalue weighted by Crippen LogP contribution is -2.22. The van der Waals surface area contributed by atoms with Gasteiger partial charge in [0.15, 0.2) is 0 Å². The molecular weight excluding hydrogens is 303 g/mol. The highest BCUT2D eigenvalue weighted by atomic mass is 35.5. The summed E-state index contributed by atoms with van der Waals surface area (Å²) in [6.45, 7) is 1.81. The molecule has 0 aliphatic carbocycles. The van der Waals surface area contributed by atoms with E-state index in [1.54, 1.807) is 25.1 Å². The molecule has 104 valence electrons. The van der Waals surface area contributed by atoms with Crippen LogP contribution in [0.2, 0.25) is 10.0 Å². The van der Waals surface area contributed by atoms with Crippen molar-refractivity contribution >= 4 is 29.2 Å². The highest BCUT2D eigenvalue weighted by Gasteiger charge is 2.15. The molecule has 0 unspecified atom stereocenters. The minimum absolute atomic E-state index is 0.159. The van der Waals surface area contributed by atoms with Crippen LogP contribution in [0, 0.1) is 0 Å². The standard InChI is InChI=1S/C13H10Cl2N2O3/c1-2-20-13(19)12-11(18)5-6-17(16-12)10-7-8(14)3-4-9(10)15/h3-7H,2H2,1H3. The number of rotatable bonds is 3. The second kappa shape index (κ2) is 6.07. The van der Waals surface area contributed by atoms with Crippen molar-refractivity contribution in [2.45, 2.75) is 6.92 Å². The maximum absolute atomic E-state index is 11.6. The molecule has 0 aliphatic heterocycles. The first-order chi connectivity index (χ1) is 9.52. The molecule has 0 amide bonds. The summed E-state index contributed by atoms with van der Waals surface area (Å²) >= 11 is 11.9. The second-order valence-electron chi connectivity index (χ2n) is 3.79. The summed E-state index contributed by atoms with van der Waals surface area (Å²) < 4.78 is 6.09. The summed E-state index contributed by atoms with van der Waals surface area (Å²) in [6.07, 6.45) is 1.41. The molecule has 7 heteroatoms. The maximum Gasteiger partial charge on any atom is 0.362 e. The molecule has 0 spiro atoms. The highest BCUT2D eigenvalue weighted by Crippen LogP contribution is 2.23. The predicted octanol–water partition coefficient (Wildman–Crippen LogP) is 2.72. The van der Waals surface area contributed by atoms with Crippen molar-refractivity contribution in [2.75, 3.05) is 6.61 Å². The van der Waals surface area contributed by atoms with Crippen LogP contribution in [0.5, 0.6) is 0 Å². The lowest BCUT2D eigenvalue weighted by Gasteiger charge is -2.09. The first-order valence-corrected chi connectivity index (χ1v) is 6.51. The van der Waals surface area contributed by atoms with Gasteiger partial charge in [-0.3, -0.25) is 4.79 Å². The lowest BCUT2D eigenvalue weighted by molar-refractivity contribution is 0.0515. The van der Waals surface area contributed by atoms with E-state index in [1.807, 2.05) is 0 Å². The van der Waals surface area contributed by atoms with Gasteiger partial charge in [0.05, 0.1) is 17.3 Å². The number of benzene rings is 1. The zero-order chi connectivity index (χ0) is 14.7. The fourth-order valence-corrected chi connectivity index (χ4v) is 1.91. The van der Waals surface area contributed by atoms with Gasteiger partial charge in [0, 0.05) is 17.3 Å². The number of halogens is 2. The van der Waals surface area contributed by atoms with Crippen LogP contribution in [-0.2, 0) is 4.74 Å². The summed E-state index contributed by atoms with van der Waals surface area (Å²) in [6, 6.07) is 6.03. The number of aromatic nitrogens is 2. The molecule has 1 aromatic heterocycles. The second-order valence-corrected chi connectivity index (χ2v) is 4.63. The molecule has 0 aliphatic rings. The van der Waals surface area contributed by atoms with Crippen molar-refractivity contribution in [3.63, 3.8) is 0 Å². The number of carbonyl (C=O) groups excluding carboxylic acids is 1. The van der Waals surface area contributed by atoms with Gasteiger partial charge >= 0.3 is 5.97 Å². The molecule has 0 N–H and O–H groups in total. The molecular formula is C13H10Cl2N2O3. The van der Waals surface area contributed by atoms with E-state index < -0.39 is 11.4 Å². The van der Waals surface area contributed by atoms with Gasteiger partial charge in [-0.25, -0.2) is 9.48 Å². The van der Waals surface area contributed by atoms with Crippen molar-refractivity contribution in [1.82, 2.24) is 9.78 Å². The van der Waals surface area contributed by atoms with E-state index >= 15 is 0 Å². The average Bonchev–Trinajstić information content (AvgIpc) is 2.42. The third-order valence-corrected chi connectivity index (χ3v) is 2.99. The molecule has 20 heavy (non-hydrogen) atoms. The number of carbonyl (C=O) groups is 1. The highest BCUT2D eigenvalue weighted by molar-refractivity contribution is 6.34. The number of hydrogen-bond donors (Lipinski definition) is 0. The van der Waals surface area contributed by atoms with Gasteiger partial charge in [0.2, 0.25) is 11.1 Å². The van der Waals surface area contributed by atoms with Crippen LogP contribution in [-0.4, -0.2) is 22.4 Å². The van der Waals surface area contributed by atoms with Gasteiger partial charge in [0.25, 0.3) is 0 Å². The fraction of sp³-hybridized carbons (Fsp3) is 0.154. The summed E-state index contributed by atoms with van der Waals surface area (Å²) in [5, 5.41) is 4.80. The zero-order valence-electron chi connectivity index (χ0n) is 10.5. The third-order valence-electron chi connectivity index (χ3n) is 2.43. The SMILES string of the molecule is CCOC(=O)c1nn(-c2cc(Cl)ccc2Cl)ccc1=O. The molecule has 1 aromatic carbocycles. The monoisotopic (exact) mass is 312 g/mol. The van der Waals surface area contributed by atoms with Gasteiger partial charge in [-0.2, -0.15) is 5.10 Å². The Balaban J connectivity index is 2.54. The van der Waals surface area contributed by atoms with E-state index in [9.17, 15) is 9.59 Å². The Morgan fingerprint density at radius 2 is 2.10 bits per heavy atom. The third kappa shape index (κ3) is 3.00. The zero-order valence-corrected chi connectivity index (χ0v) is 12.0. The van der Waals surface area contributed by atoms with Crippen molar-refractivity contribution in [3.05, 3.63) is 56.4 Å². The summed E-state index contributed by atoms with van der Waals surface area (Å²) in [4.78, 5) is 23.3. The number of esters is 1. The van der Waals surface area contributed by atoms with Gasteiger partial charge in [-0.05, 0) is 25.1 Å². The molecule has 0 radical (unpaired) electrons. The molecule has 0 saturated carbocycles. The number of hydrogen-bond acceptors (Lipinski definition) is 4. The predicted molar refractivity (Wildman–Crippen MR) is 75.8 cm³/mol. The Morgan fingerprint density at radius 1 is 1.35 bits per heavy atom. The Kier molecular flexibility index (Phi) is 4.42. The first kappa shape index (κ1) is 14.6. The average molecular weight is 313 g/mol. The molecule has 2 aromatic rings. The van der Waals surface area contributed by atoms with Crippen LogP contribution in [0.1, 0.15) is 17.4 Å². The van der Waals surface area contributed by atoms with E-state index in [2.05, 4.69) is 5.10 Å². The van der Waals surface area contributed by atoms with Crippen LogP contribution in [0.4, 0.5) is 0 Å². The van der Waals surface area contributed by atoms with Gasteiger partial charge in [-0.15, -0.1) is 0 Å². The molecule has 0 bridgehead atoms. The largest absolute Gasteiger partial charge is 0.461 e. The van der Waals surface area contributed by atoms with Crippen molar-refractivity contribution in [1.29, 1.82) is 0 Å². The summed E-state index contributed by atoms with van der Waals surface area (Å²) in [5.41, 5.74) is -0.354. The number of ether oxygens (including phenoxy) is 1. The fourth-order valence-electron chi connectivity index (χ4n) is 1.54. The topological polar surface area (TPSA) is 61.2 Å². The lowest BCUT2D eigenvalue weighted by atomic mass is 10.3. The van der Waals surface area contributed by atoms with Crippen molar-refractivity contribution in [3.8, 4) is 5.69 Å². The van der Waals surface area contributed by atoms with Gasteiger partial charge in [0.1, 0.15) is 0 Å². The normalized spacial score (nSPS) is 10.3. The van der Waals surface area contributed by atoms with E-state index in [-0.39, 0.29) is 12.3 Å². The van der Waals surface area contributed by atoms with E-state index in [4.69, 9.17) is 27.9 Å². The minimum atomic E-state index is -0.773. The van der Waals surface area contributed by atoms with Gasteiger partial charge in [-0.1, -0.05) is 23.2 Å². The Labute approximate surface area is 124 Å². The Morgan fingerprint density at radius 3 is 2.80 bits per heavy atom. The van der Waals surface area contributed by atoms with E-state index in [1.165, 1.54) is 16.9 Å². The van der Waals surface area contributed by atoms with Crippen LogP contribution in [0.3, 0.4) is 0 Å². The van der Waals surface area contributed by atoms with Crippen LogP contribution in [0.25, 0.3) is 5.69 Å². The van der Waals surface area contributed by atoms with E-state index in [0.29, 0.717) is 15.7 Å². The molecule has 5 nitrogen and oxygen atoms in total. The van der Waals surface area contributed by atoms with Crippen LogP contribution in [0.15, 0.2) is 35.3 Å². The molecule has 0 fully saturated rings. The van der Waals surface area contributed by atoms with Crippen LogP contribution < -0.4 is 5.43 Å². The van der Waals surface area contributed by atoms with E-state index in [0.717, 1.165) is 0 Å². The van der Waals surface area contributed by atoms with Crippen molar-refractivity contribution in [2.24, 2.45) is 0 Å². The quantitative estimate of drug-likeness (QED) is 0.818. The van der Waals surface area contributed by atoms with Crippen LogP contribution >= 0.6 is 23.2 Å². The molecule has 0 saturated heterocycles. The smallest absolute Gasteiger partial charge is 0.362 e. The first-order valence-electron chi connectivity index (χ1n) is 5.75. The maximum atomic E-state index is 11.6. The minimum Gasteiger partial charge on any atom is -0.461 e. The Bertz CT molecular complexity index is 713. The number of nitrogens with zero attached hydrogens (tertiary/aromatic N) is 2. The Hall–Kier alpha value is -1.85. The molecule has 2 rings (SSSR count). The molecule has 1 heterocycles. The van der Waals surface area contributed by atoms with Crippen molar-refractivity contribution < 1.29 is 9.53 Å².